The van der Waals surface area contributed by atoms with Crippen LogP contribution in [0, 0.1) is 5.82 Å². The van der Waals surface area contributed by atoms with Crippen LogP contribution in [0.3, 0.4) is 0 Å². The first-order valence-electron chi connectivity index (χ1n) is 9.89. The van der Waals surface area contributed by atoms with Crippen molar-refractivity contribution < 1.29 is 14.0 Å². The second-order valence-electron chi connectivity index (χ2n) is 6.68. The highest BCUT2D eigenvalue weighted by atomic mass is 127. The van der Waals surface area contributed by atoms with Crippen LogP contribution in [0.15, 0.2) is 29.3 Å². The number of nitrogens with one attached hydrogen (secondary N) is 3. The van der Waals surface area contributed by atoms with E-state index in [1.807, 2.05) is 11.8 Å². The molecule has 0 atom stereocenters. The van der Waals surface area contributed by atoms with Gasteiger partial charge in [-0.05, 0) is 37.5 Å². The molecule has 162 valence electrons. The fourth-order valence-electron chi connectivity index (χ4n) is 3.01. The van der Waals surface area contributed by atoms with Crippen LogP contribution in [0.2, 0.25) is 0 Å². The van der Waals surface area contributed by atoms with Gasteiger partial charge in [-0.15, -0.1) is 24.0 Å². The standard InChI is InChI=1S/C20H30FN5O2.HI/c1-2-22-20(24-9-5-13-26-12-4-8-19(26)28)25-11-10-23-18(27)15-16-6-3-7-17(21)14-16;/h3,6-7,14H,2,4-5,8-13,15H2,1H3,(H,23,27)(H2,22,24,25);1H. The summed E-state index contributed by atoms with van der Waals surface area (Å²) in [6, 6.07) is 6.05. The smallest absolute Gasteiger partial charge is 0.224 e. The van der Waals surface area contributed by atoms with Crippen molar-refractivity contribution in [3.8, 4) is 0 Å². The first-order valence-corrected chi connectivity index (χ1v) is 9.89. The van der Waals surface area contributed by atoms with E-state index in [0.717, 1.165) is 32.5 Å². The van der Waals surface area contributed by atoms with Crippen molar-refractivity contribution in [2.45, 2.75) is 32.6 Å². The lowest BCUT2D eigenvalue weighted by Crippen LogP contribution is -2.41. The zero-order valence-corrected chi connectivity index (χ0v) is 19.2. The van der Waals surface area contributed by atoms with Crippen LogP contribution in [0.25, 0.3) is 0 Å². The molecule has 0 bridgehead atoms. The van der Waals surface area contributed by atoms with E-state index < -0.39 is 0 Å². The number of hydrogen-bond donors (Lipinski definition) is 3. The maximum absolute atomic E-state index is 13.1. The van der Waals surface area contributed by atoms with Gasteiger partial charge in [-0.25, -0.2) is 4.39 Å². The first-order chi connectivity index (χ1) is 13.6. The highest BCUT2D eigenvalue weighted by Gasteiger charge is 2.18. The Morgan fingerprint density at radius 1 is 1.24 bits per heavy atom. The number of hydrogen-bond acceptors (Lipinski definition) is 3. The van der Waals surface area contributed by atoms with Gasteiger partial charge in [0.05, 0.1) is 6.42 Å². The van der Waals surface area contributed by atoms with Crippen LogP contribution in [0.4, 0.5) is 4.39 Å². The summed E-state index contributed by atoms with van der Waals surface area (Å²) in [5, 5.41) is 9.13. The van der Waals surface area contributed by atoms with Crippen molar-refractivity contribution in [2.75, 3.05) is 39.3 Å². The highest BCUT2D eigenvalue weighted by Crippen LogP contribution is 2.09. The third-order valence-electron chi connectivity index (χ3n) is 4.36. The molecule has 2 rings (SSSR count). The van der Waals surface area contributed by atoms with E-state index >= 15 is 0 Å². The molecule has 1 saturated heterocycles. The zero-order chi connectivity index (χ0) is 20.2. The number of likely N-dealkylation sites (tertiary alicyclic amines) is 1. The van der Waals surface area contributed by atoms with Gasteiger partial charge in [-0.3, -0.25) is 14.6 Å². The second kappa shape index (κ2) is 14.1. The summed E-state index contributed by atoms with van der Waals surface area (Å²) < 4.78 is 13.1. The number of rotatable bonds is 10. The fourth-order valence-corrected chi connectivity index (χ4v) is 3.01. The lowest BCUT2D eigenvalue weighted by atomic mass is 10.1. The van der Waals surface area contributed by atoms with Crippen molar-refractivity contribution in [3.63, 3.8) is 0 Å². The molecule has 1 heterocycles. The van der Waals surface area contributed by atoms with Crippen LogP contribution >= 0.6 is 24.0 Å². The maximum Gasteiger partial charge on any atom is 0.224 e. The molecule has 0 radical (unpaired) electrons. The molecule has 9 heteroatoms. The van der Waals surface area contributed by atoms with E-state index in [1.165, 1.54) is 12.1 Å². The Morgan fingerprint density at radius 2 is 2.03 bits per heavy atom. The first kappa shape index (κ1) is 25.1. The van der Waals surface area contributed by atoms with Gasteiger partial charge in [0.1, 0.15) is 5.82 Å². The molecule has 1 aliphatic rings. The number of aliphatic imine (C=N–C) groups is 1. The Morgan fingerprint density at radius 3 is 2.72 bits per heavy atom. The van der Waals surface area contributed by atoms with Crippen molar-refractivity contribution in [1.82, 2.24) is 20.9 Å². The van der Waals surface area contributed by atoms with Gasteiger partial charge >= 0.3 is 0 Å². The van der Waals surface area contributed by atoms with Gasteiger partial charge in [0.2, 0.25) is 11.8 Å². The molecule has 2 amide bonds. The summed E-state index contributed by atoms with van der Waals surface area (Å²) in [7, 11) is 0. The lowest BCUT2D eigenvalue weighted by Gasteiger charge is -2.15. The fraction of sp³-hybridized carbons (Fsp3) is 0.550. The van der Waals surface area contributed by atoms with Crippen LogP contribution in [0.1, 0.15) is 31.7 Å². The van der Waals surface area contributed by atoms with E-state index in [4.69, 9.17) is 0 Å². The summed E-state index contributed by atoms with van der Waals surface area (Å²) in [5.41, 5.74) is 0.650. The minimum atomic E-state index is -0.340. The number of guanidine groups is 1. The van der Waals surface area contributed by atoms with E-state index in [0.29, 0.717) is 37.6 Å². The van der Waals surface area contributed by atoms with Crippen LogP contribution in [0.5, 0.6) is 0 Å². The monoisotopic (exact) mass is 519 g/mol. The SMILES string of the molecule is CCNC(=NCCCN1CCCC1=O)NCCNC(=O)Cc1cccc(F)c1.I. The molecule has 1 aliphatic heterocycles. The molecule has 29 heavy (non-hydrogen) atoms. The summed E-state index contributed by atoms with van der Waals surface area (Å²) in [5.74, 6) is 0.440. The number of nitrogens with zero attached hydrogens (tertiary/aromatic N) is 2. The number of carbonyl (C=O) groups is 2. The molecule has 0 aromatic heterocycles. The second-order valence-corrected chi connectivity index (χ2v) is 6.68. The van der Waals surface area contributed by atoms with Gasteiger partial charge in [0, 0.05) is 45.7 Å². The van der Waals surface area contributed by atoms with Gasteiger partial charge in [-0.2, -0.15) is 0 Å². The zero-order valence-electron chi connectivity index (χ0n) is 16.9. The predicted molar refractivity (Wildman–Crippen MR) is 123 cm³/mol. The summed E-state index contributed by atoms with van der Waals surface area (Å²) in [6.45, 7) is 5.94. The molecule has 7 nitrogen and oxygen atoms in total. The van der Waals surface area contributed by atoms with Crippen LogP contribution in [-0.2, 0) is 16.0 Å². The van der Waals surface area contributed by atoms with Crippen LogP contribution < -0.4 is 16.0 Å². The van der Waals surface area contributed by atoms with E-state index in [2.05, 4.69) is 20.9 Å². The molecule has 0 unspecified atom stereocenters. The Labute approximate surface area is 188 Å². The normalized spacial score (nSPS) is 13.8. The average Bonchev–Trinajstić information content (AvgIpc) is 3.07. The molecule has 0 spiro atoms. The molecule has 1 aromatic carbocycles. The van der Waals surface area contributed by atoms with Crippen molar-refractivity contribution in [2.24, 2.45) is 4.99 Å². The number of benzene rings is 1. The molecule has 0 aliphatic carbocycles. The van der Waals surface area contributed by atoms with Crippen LogP contribution in [-0.4, -0.2) is 61.9 Å². The molecular formula is C20H31FIN5O2. The van der Waals surface area contributed by atoms with Gasteiger partial charge in [-0.1, -0.05) is 12.1 Å². The third-order valence-corrected chi connectivity index (χ3v) is 4.36. The molecular weight excluding hydrogens is 488 g/mol. The molecule has 3 N–H and O–H groups in total. The Kier molecular flexibility index (Phi) is 12.2. The quantitative estimate of drug-likeness (QED) is 0.190. The molecule has 0 saturated carbocycles. The highest BCUT2D eigenvalue weighted by molar-refractivity contribution is 14.0. The van der Waals surface area contributed by atoms with E-state index in [-0.39, 0.29) is 48.0 Å². The Bertz CT molecular complexity index is 687. The Hall–Kier alpha value is -1.91. The Balaban J connectivity index is 0.00000420. The van der Waals surface area contributed by atoms with Gasteiger partial charge in [0.15, 0.2) is 5.96 Å². The molecule has 1 aromatic rings. The summed E-state index contributed by atoms with van der Waals surface area (Å²) in [6.07, 6.45) is 2.60. The lowest BCUT2D eigenvalue weighted by molar-refractivity contribution is -0.127. The number of halogens is 2. The average molecular weight is 519 g/mol. The minimum Gasteiger partial charge on any atom is -0.357 e. The van der Waals surface area contributed by atoms with Crippen molar-refractivity contribution in [1.29, 1.82) is 0 Å². The van der Waals surface area contributed by atoms with Gasteiger partial charge in [0.25, 0.3) is 0 Å². The largest absolute Gasteiger partial charge is 0.357 e. The topological polar surface area (TPSA) is 85.8 Å². The number of amides is 2. The predicted octanol–water partition coefficient (Wildman–Crippen LogP) is 1.67. The number of carbonyl (C=O) groups excluding carboxylic acids is 2. The van der Waals surface area contributed by atoms with E-state index in [9.17, 15) is 14.0 Å². The van der Waals surface area contributed by atoms with E-state index in [1.54, 1.807) is 12.1 Å². The van der Waals surface area contributed by atoms with Crippen molar-refractivity contribution >= 4 is 41.8 Å². The summed E-state index contributed by atoms with van der Waals surface area (Å²) in [4.78, 5) is 29.9. The van der Waals surface area contributed by atoms with Crippen molar-refractivity contribution in [3.05, 3.63) is 35.6 Å². The summed E-state index contributed by atoms with van der Waals surface area (Å²) >= 11 is 0. The van der Waals surface area contributed by atoms with Gasteiger partial charge < -0.3 is 20.9 Å². The molecule has 1 fully saturated rings. The maximum atomic E-state index is 13.1. The third kappa shape index (κ3) is 9.91. The minimum absolute atomic E-state index is 0.